The van der Waals surface area contributed by atoms with E-state index in [4.69, 9.17) is 16.0 Å². The van der Waals surface area contributed by atoms with E-state index in [2.05, 4.69) is 5.32 Å². The number of carbonyl (C=O) groups excluding carboxylic acids is 1. The van der Waals surface area contributed by atoms with E-state index in [9.17, 15) is 4.79 Å². The molecule has 1 amide bonds. The molecule has 3 nitrogen and oxygen atoms in total. The SMILES string of the molecule is Cc1c(Cl)cccc1NC(=O)c1oc2ccccc2c1C. The maximum Gasteiger partial charge on any atom is 0.291 e. The van der Waals surface area contributed by atoms with Gasteiger partial charge in [0.25, 0.3) is 5.91 Å². The average Bonchev–Trinajstić information content (AvgIpc) is 2.82. The molecule has 0 aliphatic heterocycles. The molecule has 0 aliphatic carbocycles. The maximum atomic E-state index is 12.4. The van der Waals surface area contributed by atoms with E-state index in [0.717, 1.165) is 16.5 Å². The lowest BCUT2D eigenvalue weighted by molar-refractivity contribution is 0.0998. The molecule has 0 bridgehead atoms. The molecule has 21 heavy (non-hydrogen) atoms. The largest absolute Gasteiger partial charge is 0.451 e. The number of carbonyl (C=O) groups is 1. The number of halogens is 1. The number of nitrogens with one attached hydrogen (secondary N) is 1. The highest BCUT2D eigenvalue weighted by Crippen LogP contribution is 2.27. The summed E-state index contributed by atoms with van der Waals surface area (Å²) in [6.07, 6.45) is 0. The Morgan fingerprint density at radius 3 is 2.57 bits per heavy atom. The molecule has 0 spiro atoms. The van der Waals surface area contributed by atoms with Gasteiger partial charge in [-0.25, -0.2) is 0 Å². The predicted molar refractivity (Wildman–Crippen MR) is 85.1 cm³/mol. The summed E-state index contributed by atoms with van der Waals surface area (Å²) >= 11 is 6.06. The normalized spacial score (nSPS) is 10.8. The summed E-state index contributed by atoms with van der Waals surface area (Å²) < 4.78 is 5.66. The van der Waals surface area contributed by atoms with Crippen LogP contribution in [-0.2, 0) is 0 Å². The van der Waals surface area contributed by atoms with Gasteiger partial charge in [-0.2, -0.15) is 0 Å². The Morgan fingerprint density at radius 2 is 1.81 bits per heavy atom. The lowest BCUT2D eigenvalue weighted by Gasteiger charge is -2.08. The monoisotopic (exact) mass is 299 g/mol. The number of benzene rings is 2. The molecule has 2 aromatic carbocycles. The van der Waals surface area contributed by atoms with E-state index in [1.54, 1.807) is 12.1 Å². The topological polar surface area (TPSA) is 42.2 Å². The number of fused-ring (bicyclic) bond motifs is 1. The number of amides is 1. The van der Waals surface area contributed by atoms with Gasteiger partial charge in [-0.1, -0.05) is 35.9 Å². The Balaban J connectivity index is 1.97. The van der Waals surface area contributed by atoms with Crippen LogP contribution in [0.2, 0.25) is 5.02 Å². The van der Waals surface area contributed by atoms with Crippen molar-refractivity contribution >= 4 is 34.2 Å². The molecule has 0 unspecified atom stereocenters. The van der Waals surface area contributed by atoms with Crippen molar-refractivity contribution in [3.63, 3.8) is 0 Å². The van der Waals surface area contributed by atoms with E-state index < -0.39 is 0 Å². The van der Waals surface area contributed by atoms with Crippen LogP contribution in [0.25, 0.3) is 11.0 Å². The molecule has 106 valence electrons. The van der Waals surface area contributed by atoms with Gasteiger partial charge in [0, 0.05) is 21.7 Å². The van der Waals surface area contributed by atoms with Crippen molar-refractivity contribution in [2.24, 2.45) is 0 Å². The standard InChI is InChI=1S/C17H14ClNO2/c1-10-12-6-3-4-9-15(12)21-16(10)17(20)19-14-8-5-7-13(18)11(14)2/h3-9H,1-2H3,(H,19,20). The summed E-state index contributed by atoms with van der Waals surface area (Å²) in [5.74, 6) is 0.0599. The van der Waals surface area contributed by atoms with Gasteiger partial charge in [0.2, 0.25) is 0 Å². The third-order valence-electron chi connectivity index (χ3n) is 3.57. The second-order valence-electron chi connectivity index (χ2n) is 4.92. The van der Waals surface area contributed by atoms with Crippen LogP contribution in [0.1, 0.15) is 21.7 Å². The van der Waals surface area contributed by atoms with Crippen molar-refractivity contribution in [3.8, 4) is 0 Å². The van der Waals surface area contributed by atoms with Gasteiger partial charge in [0.05, 0.1) is 0 Å². The summed E-state index contributed by atoms with van der Waals surface area (Å²) in [6, 6.07) is 13.0. The molecular weight excluding hydrogens is 286 g/mol. The molecule has 1 heterocycles. The van der Waals surface area contributed by atoms with E-state index in [-0.39, 0.29) is 5.91 Å². The van der Waals surface area contributed by atoms with Crippen molar-refractivity contribution in [2.75, 3.05) is 5.32 Å². The van der Waals surface area contributed by atoms with Crippen LogP contribution >= 0.6 is 11.6 Å². The predicted octanol–water partition coefficient (Wildman–Crippen LogP) is 4.96. The van der Waals surface area contributed by atoms with Gasteiger partial charge in [-0.3, -0.25) is 4.79 Å². The van der Waals surface area contributed by atoms with Crippen LogP contribution in [0.3, 0.4) is 0 Å². The fourth-order valence-electron chi connectivity index (χ4n) is 2.31. The summed E-state index contributed by atoms with van der Waals surface area (Å²) in [6.45, 7) is 3.75. The first kappa shape index (κ1) is 13.7. The lowest BCUT2D eigenvalue weighted by atomic mass is 10.1. The molecule has 0 aliphatic rings. The summed E-state index contributed by atoms with van der Waals surface area (Å²) in [7, 11) is 0. The minimum Gasteiger partial charge on any atom is -0.451 e. The van der Waals surface area contributed by atoms with Crippen LogP contribution in [0.5, 0.6) is 0 Å². The van der Waals surface area contributed by atoms with E-state index in [0.29, 0.717) is 22.1 Å². The average molecular weight is 300 g/mol. The van der Waals surface area contributed by atoms with E-state index in [1.165, 1.54) is 0 Å². The van der Waals surface area contributed by atoms with Gasteiger partial charge >= 0.3 is 0 Å². The molecule has 0 atom stereocenters. The van der Waals surface area contributed by atoms with Crippen molar-refractivity contribution < 1.29 is 9.21 Å². The first-order valence-corrected chi connectivity index (χ1v) is 7.00. The van der Waals surface area contributed by atoms with Crippen molar-refractivity contribution in [1.82, 2.24) is 0 Å². The molecular formula is C17H14ClNO2. The van der Waals surface area contributed by atoms with E-state index in [1.807, 2.05) is 44.2 Å². The van der Waals surface area contributed by atoms with Gasteiger partial charge in [0.15, 0.2) is 5.76 Å². The zero-order chi connectivity index (χ0) is 15.0. The Bertz CT molecular complexity index is 836. The minimum atomic E-state index is -0.269. The third kappa shape index (κ3) is 2.41. The summed E-state index contributed by atoms with van der Waals surface area (Å²) in [5, 5.41) is 4.42. The lowest BCUT2D eigenvalue weighted by Crippen LogP contribution is -2.13. The second kappa shape index (κ2) is 5.26. The number of rotatable bonds is 2. The van der Waals surface area contributed by atoms with Gasteiger partial charge in [-0.15, -0.1) is 0 Å². The molecule has 1 N–H and O–H groups in total. The van der Waals surface area contributed by atoms with Crippen LogP contribution in [0.4, 0.5) is 5.69 Å². The fraction of sp³-hybridized carbons (Fsp3) is 0.118. The molecule has 3 aromatic rings. The maximum absolute atomic E-state index is 12.4. The minimum absolute atomic E-state index is 0.269. The summed E-state index contributed by atoms with van der Waals surface area (Å²) in [5.41, 5.74) is 3.07. The Labute approximate surface area is 127 Å². The Morgan fingerprint density at radius 1 is 1.05 bits per heavy atom. The highest BCUT2D eigenvalue weighted by Gasteiger charge is 2.18. The van der Waals surface area contributed by atoms with Crippen LogP contribution in [0, 0.1) is 13.8 Å². The molecule has 1 aromatic heterocycles. The molecule has 0 saturated heterocycles. The Hall–Kier alpha value is -2.26. The summed E-state index contributed by atoms with van der Waals surface area (Å²) in [4.78, 5) is 12.4. The first-order chi connectivity index (χ1) is 10.1. The van der Waals surface area contributed by atoms with E-state index >= 15 is 0 Å². The van der Waals surface area contributed by atoms with Gasteiger partial charge < -0.3 is 9.73 Å². The molecule has 0 fully saturated rings. The zero-order valence-corrected chi connectivity index (χ0v) is 12.5. The van der Waals surface area contributed by atoms with Crippen molar-refractivity contribution in [2.45, 2.75) is 13.8 Å². The number of aryl methyl sites for hydroxylation is 1. The molecule has 4 heteroatoms. The second-order valence-corrected chi connectivity index (χ2v) is 5.33. The van der Waals surface area contributed by atoms with Crippen LogP contribution in [0.15, 0.2) is 46.9 Å². The molecule has 3 rings (SSSR count). The van der Waals surface area contributed by atoms with Gasteiger partial charge in [0.1, 0.15) is 5.58 Å². The quantitative estimate of drug-likeness (QED) is 0.727. The highest BCUT2D eigenvalue weighted by molar-refractivity contribution is 6.31. The Kier molecular flexibility index (Phi) is 3.43. The third-order valence-corrected chi connectivity index (χ3v) is 3.98. The smallest absolute Gasteiger partial charge is 0.291 e. The fourth-order valence-corrected chi connectivity index (χ4v) is 2.49. The number of hydrogen-bond donors (Lipinski definition) is 1. The van der Waals surface area contributed by atoms with Crippen molar-refractivity contribution in [1.29, 1.82) is 0 Å². The van der Waals surface area contributed by atoms with Gasteiger partial charge in [-0.05, 0) is 37.6 Å². The van der Waals surface area contributed by atoms with Crippen LogP contribution in [-0.4, -0.2) is 5.91 Å². The zero-order valence-electron chi connectivity index (χ0n) is 11.7. The number of furan rings is 1. The van der Waals surface area contributed by atoms with Crippen molar-refractivity contribution in [3.05, 3.63) is 64.4 Å². The first-order valence-electron chi connectivity index (χ1n) is 6.62. The molecule has 0 radical (unpaired) electrons. The number of hydrogen-bond acceptors (Lipinski definition) is 2. The highest BCUT2D eigenvalue weighted by atomic mass is 35.5. The number of para-hydroxylation sites is 1. The molecule has 0 saturated carbocycles. The number of anilines is 1. The van der Waals surface area contributed by atoms with Crippen LogP contribution < -0.4 is 5.32 Å².